The highest BCUT2D eigenvalue weighted by atomic mass is 16.5. The third-order valence-corrected chi connectivity index (χ3v) is 4.87. The molecule has 1 aromatic carbocycles. The van der Waals surface area contributed by atoms with Crippen LogP contribution < -0.4 is 10.5 Å². The van der Waals surface area contributed by atoms with Gasteiger partial charge < -0.3 is 20.1 Å². The summed E-state index contributed by atoms with van der Waals surface area (Å²) in [5.41, 5.74) is 7.41. The van der Waals surface area contributed by atoms with Crippen LogP contribution in [0, 0.1) is 0 Å². The second-order valence-corrected chi connectivity index (χ2v) is 6.48. The highest BCUT2D eigenvalue weighted by Crippen LogP contribution is 2.26. The predicted molar refractivity (Wildman–Crippen MR) is 95.4 cm³/mol. The Bertz CT molecular complexity index is 551. The second kappa shape index (κ2) is 7.85. The quantitative estimate of drug-likeness (QED) is 0.631. The largest absolute Gasteiger partial charge is 0.497 e. The third-order valence-electron chi connectivity index (χ3n) is 4.87. The lowest BCUT2D eigenvalue weighted by atomic mass is 10.0. The molecule has 0 aromatic heterocycles. The van der Waals surface area contributed by atoms with Crippen LogP contribution in [0.25, 0.3) is 0 Å². The van der Waals surface area contributed by atoms with E-state index in [2.05, 4.69) is 26.9 Å². The summed E-state index contributed by atoms with van der Waals surface area (Å²) in [4.78, 5) is 9.22. The van der Waals surface area contributed by atoms with Crippen LogP contribution in [0.5, 0.6) is 5.75 Å². The van der Waals surface area contributed by atoms with E-state index in [-0.39, 0.29) is 6.04 Å². The number of rotatable bonds is 6. The first-order valence-corrected chi connectivity index (χ1v) is 8.67. The molecular weight excluding hydrogens is 304 g/mol. The fourth-order valence-electron chi connectivity index (χ4n) is 3.09. The van der Waals surface area contributed by atoms with E-state index in [9.17, 15) is 0 Å². The molecule has 2 N–H and O–H groups in total. The van der Waals surface area contributed by atoms with Crippen molar-refractivity contribution in [3.05, 3.63) is 29.8 Å². The first kappa shape index (κ1) is 17.0. The van der Waals surface area contributed by atoms with Gasteiger partial charge in [-0.25, -0.2) is 0 Å². The topological polar surface area (TPSA) is 63.3 Å². The van der Waals surface area contributed by atoms with Crippen LogP contribution in [0.3, 0.4) is 0 Å². The fourth-order valence-corrected chi connectivity index (χ4v) is 3.09. The second-order valence-electron chi connectivity index (χ2n) is 6.48. The number of hydrogen-bond acceptors (Lipinski definition) is 4. The zero-order chi connectivity index (χ0) is 16.9. The number of nitrogens with zero attached hydrogens (tertiary/aromatic N) is 3. The molecule has 0 unspecified atom stereocenters. The zero-order valence-corrected chi connectivity index (χ0v) is 14.6. The fraction of sp³-hybridized carbons (Fsp3) is 0.611. The monoisotopic (exact) mass is 332 g/mol. The van der Waals surface area contributed by atoms with Crippen molar-refractivity contribution in [1.82, 2.24) is 9.80 Å². The lowest BCUT2D eigenvalue weighted by molar-refractivity contribution is 0.0179. The summed E-state index contributed by atoms with van der Waals surface area (Å²) in [6.45, 7) is 4.05. The lowest BCUT2D eigenvalue weighted by Crippen LogP contribution is -2.41. The van der Waals surface area contributed by atoms with Crippen molar-refractivity contribution in [2.24, 2.45) is 10.7 Å². The molecule has 1 atom stereocenters. The molecule has 1 aromatic rings. The highest BCUT2D eigenvalue weighted by molar-refractivity contribution is 5.78. The molecule has 3 rings (SSSR count). The van der Waals surface area contributed by atoms with Gasteiger partial charge in [-0.2, -0.15) is 0 Å². The van der Waals surface area contributed by atoms with Crippen molar-refractivity contribution in [3.63, 3.8) is 0 Å². The SMILES string of the molecule is COc1ccc([C@H](CN=C(N)N(C)C2CC2)N2CCOCC2)cc1. The van der Waals surface area contributed by atoms with E-state index in [0.29, 0.717) is 18.5 Å². The number of guanidine groups is 1. The Hall–Kier alpha value is -1.79. The number of nitrogens with two attached hydrogens (primary N) is 1. The number of hydrogen-bond donors (Lipinski definition) is 1. The minimum atomic E-state index is 0.214. The molecule has 2 fully saturated rings. The number of ether oxygens (including phenoxy) is 2. The minimum Gasteiger partial charge on any atom is -0.497 e. The lowest BCUT2D eigenvalue weighted by Gasteiger charge is -2.34. The Morgan fingerprint density at radius 2 is 2.00 bits per heavy atom. The van der Waals surface area contributed by atoms with Crippen LogP contribution in [0.4, 0.5) is 0 Å². The normalized spacial score (nSPS) is 20.7. The average Bonchev–Trinajstić information content (AvgIpc) is 3.47. The molecule has 0 bridgehead atoms. The average molecular weight is 332 g/mol. The van der Waals surface area contributed by atoms with Gasteiger partial charge in [-0.3, -0.25) is 9.89 Å². The van der Waals surface area contributed by atoms with Gasteiger partial charge in [0.25, 0.3) is 0 Å². The molecule has 1 saturated carbocycles. The molecule has 24 heavy (non-hydrogen) atoms. The maximum Gasteiger partial charge on any atom is 0.191 e. The van der Waals surface area contributed by atoms with Crippen LogP contribution in [-0.2, 0) is 4.74 Å². The minimum absolute atomic E-state index is 0.214. The Kier molecular flexibility index (Phi) is 5.58. The molecule has 6 nitrogen and oxygen atoms in total. The Labute approximate surface area is 144 Å². The Balaban J connectivity index is 1.74. The van der Waals surface area contributed by atoms with Crippen LogP contribution in [-0.4, -0.2) is 68.8 Å². The van der Waals surface area contributed by atoms with E-state index >= 15 is 0 Å². The van der Waals surface area contributed by atoms with Gasteiger partial charge in [0.15, 0.2) is 5.96 Å². The summed E-state index contributed by atoms with van der Waals surface area (Å²) in [6, 6.07) is 9.05. The van der Waals surface area contributed by atoms with Crippen LogP contribution in [0.15, 0.2) is 29.3 Å². The number of benzene rings is 1. The van der Waals surface area contributed by atoms with E-state index in [0.717, 1.165) is 32.1 Å². The molecule has 0 amide bonds. The number of morpholine rings is 1. The first-order valence-electron chi connectivity index (χ1n) is 8.67. The van der Waals surface area contributed by atoms with Crippen LogP contribution in [0.2, 0.25) is 0 Å². The van der Waals surface area contributed by atoms with Crippen LogP contribution >= 0.6 is 0 Å². The molecule has 2 aliphatic rings. The Morgan fingerprint density at radius 1 is 1.33 bits per heavy atom. The maximum atomic E-state index is 6.17. The number of methoxy groups -OCH3 is 1. The molecule has 1 heterocycles. The molecule has 1 aliphatic heterocycles. The number of aliphatic imine (C=N–C) groups is 1. The summed E-state index contributed by atoms with van der Waals surface area (Å²) in [7, 11) is 3.72. The van der Waals surface area contributed by atoms with E-state index in [1.807, 2.05) is 19.2 Å². The summed E-state index contributed by atoms with van der Waals surface area (Å²) < 4.78 is 10.8. The van der Waals surface area contributed by atoms with Crippen molar-refractivity contribution < 1.29 is 9.47 Å². The van der Waals surface area contributed by atoms with Crippen molar-refractivity contribution in [3.8, 4) is 5.75 Å². The van der Waals surface area contributed by atoms with Gasteiger partial charge in [0.1, 0.15) is 5.75 Å². The van der Waals surface area contributed by atoms with Crippen molar-refractivity contribution >= 4 is 5.96 Å². The molecule has 132 valence electrons. The summed E-state index contributed by atoms with van der Waals surface area (Å²) in [5.74, 6) is 1.51. The van der Waals surface area contributed by atoms with Gasteiger partial charge in [-0.05, 0) is 30.5 Å². The molecule has 1 aliphatic carbocycles. The summed E-state index contributed by atoms with van der Waals surface area (Å²) in [5, 5.41) is 0. The summed E-state index contributed by atoms with van der Waals surface area (Å²) in [6.07, 6.45) is 2.44. The van der Waals surface area contributed by atoms with Gasteiger partial charge >= 0.3 is 0 Å². The molecular formula is C18H28N4O2. The van der Waals surface area contributed by atoms with Gasteiger partial charge in [0.05, 0.1) is 32.9 Å². The molecule has 6 heteroatoms. The smallest absolute Gasteiger partial charge is 0.191 e. The van der Waals surface area contributed by atoms with Gasteiger partial charge in [-0.1, -0.05) is 12.1 Å². The van der Waals surface area contributed by atoms with Gasteiger partial charge in [0, 0.05) is 26.2 Å². The van der Waals surface area contributed by atoms with E-state index in [1.54, 1.807) is 7.11 Å². The van der Waals surface area contributed by atoms with E-state index in [1.165, 1.54) is 18.4 Å². The predicted octanol–water partition coefficient (Wildman–Crippen LogP) is 1.48. The maximum absolute atomic E-state index is 6.17. The highest BCUT2D eigenvalue weighted by Gasteiger charge is 2.28. The van der Waals surface area contributed by atoms with Crippen molar-refractivity contribution in [1.29, 1.82) is 0 Å². The molecule has 0 radical (unpaired) electrons. The van der Waals surface area contributed by atoms with Crippen molar-refractivity contribution in [2.45, 2.75) is 24.9 Å². The van der Waals surface area contributed by atoms with E-state index < -0.39 is 0 Å². The third kappa shape index (κ3) is 4.19. The van der Waals surface area contributed by atoms with Gasteiger partial charge in [0.2, 0.25) is 0 Å². The first-order chi connectivity index (χ1) is 11.7. The standard InChI is InChI=1S/C18H28N4O2/c1-21(15-5-6-15)18(19)20-13-17(22-9-11-24-12-10-22)14-3-7-16(23-2)8-4-14/h3-4,7-8,15,17H,5-6,9-13H2,1-2H3,(H2,19,20)/t17-/m0/s1. The molecule has 0 spiro atoms. The van der Waals surface area contributed by atoms with Gasteiger partial charge in [-0.15, -0.1) is 0 Å². The molecule has 1 saturated heterocycles. The van der Waals surface area contributed by atoms with Crippen molar-refractivity contribution in [2.75, 3.05) is 47.0 Å². The van der Waals surface area contributed by atoms with E-state index in [4.69, 9.17) is 15.2 Å². The summed E-state index contributed by atoms with van der Waals surface area (Å²) >= 11 is 0. The zero-order valence-electron chi connectivity index (χ0n) is 14.6. The van der Waals surface area contributed by atoms with Crippen LogP contribution in [0.1, 0.15) is 24.4 Å². The Morgan fingerprint density at radius 3 is 2.58 bits per heavy atom.